The number of ether oxygens (including phenoxy) is 2. The molecule has 5 heteroatoms. The summed E-state index contributed by atoms with van der Waals surface area (Å²) in [6, 6.07) is 14.4. The van der Waals surface area contributed by atoms with Gasteiger partial charge >= 0.3 is 0 Å². The van der Waals surface area contributed by atoms with Crippen LogP contribution in [0.2, 0.25) is 0 Å². The minimum Gasteiger partial charge on any atom is -0.496 e. The fraction of sp³-hybridized carbons (Fsp3) is 0.381. The molecule has 0 aliphatic heterocycles. The topological polar surface area (TPSA) is 46.1 Å². The van der Waals surface area contributed by atoms with Crippen LogP contribution in [0.3, 0.4) is 0 Å². The van der Waals surface area contributed by atoms with Crippen molar-refractivity contribution in [2.75, 3.05) is 34.9 Å². The quantitative estimate of drug-likeness (QED) is 0.612. The highest BCUT2D eigenvalue weighted by Crippen LogP contribution is 2.20. The molecule has 2 aromatic carbocycles. The maximum Gasteiger partial charge on any atom is 0.193 e. The average Bonchev–Trinajstić information content (AvgIpc) is 2.66. The number of nitrogens with zero attached hydrogens (tertiary/aromatic N) is 2. The molecule has 0 heterocycles. The maximum absolute atomic E-state index is 5.43. The number of rotatable bonds is 7. The first-order valence-corrected chi connectivity index (χ1v) is 8.76. The molecule has 0 atom stereocenters. The summed E-state index contributed by atoms with van der Waals surface area (Å²) >= 11 is 0. The summed E-state index contributed by atoms with van der Waals surface area (Å²) in [7, 11) is 7.23. The predicted octanol–water partition coefficient (Wildman–Crippen LogP) is 3.26. The molecule has 0 aliphatic carbocycles. The second-order valence-electron chi connectivity index (χ2n) is 6.20. The molecule has 2 rings (SSSR count). The van der Waals surface area contributed by atoms with Gasteiger partial charge in [-0.3, -0.25) is 4.99 Å². The van der Waals surface area contributed by atoms with Crippen LogP contribution in [0.4, 0.5) is 0 Å². The molecular weight excluding hydrogens is 326 g/mol. The Balaban J connectivity index is 1.92. The third-order valence-corrected chi connectivity index (χ3v) is 4.34. The summed E-state index contributed by atoms with van der Waals surface area (Å²) < 4.78 is 10.8. The second kappa shape index (κ2) is 9.70. The molecular formula is C21H29N3O2. The highest BCUT2D eigenvalue weighted by molar-refractivity contribution is 5.79. The predicted molar refractivity (Wildman–Crippen MR) is 107 cm³/mol. The van der Waals surface area contributed by atoms with Crippen LogP contribution in [0.15, 0.2) is 47.5 Å². The lowest BCUT2D eigenvalue weighted by molar-refractivity contribution is 0.396. The monoisotopic (exact) mass is 355 g/mol. The molecule has 5 nitrogen and oxygen atoms in total. The molecule has 140 valence electrons. The van der Waals surface area contributed by atoms with Gasteiger partial charge in [0.25, 0.3) is 0 Å². The van der Waals surface area contributed by atoms with Gasteiger partial charge in [0.15, 0.2) is 5.96 Å². The summed E-state index contributed by atoms with van der Waals surface area (Å²) in [6.07, 6.45) is 0.901. The lowest BCUT2D eigenvalue weighted by Crippen LogP contribution is -2.39. The minimum atomic E-state index is 0.724. The molecule has 0 aliphatic rings. The normalized spacial score (nSPS) is 11.2. The second-order valence-corrected chi connectivity index (χ2v) is 6.20. The Morgan fingerprint density at radius 3 is 2.50 bits per heavy atom. The third kappa shape index (κ3) is 5.15. The first kappa shape index (κ1) is 19.6. The summed E-state index contributed by atoms with van der Waals surface area (Å²) in [4.78, 5) is 6.48. The molecule has 0 radical (unpaired) electrons. The van der Waals surface area contributed by atoms with Crippen molar-refractivity contribution in [1.29, 1.82) is 0 Å². The highest BCUT2D eigenvalue weighted by atomic mass is 16.5. The largest absolute Gasteiger partial charge is 0.496 e. The van der Waals surface area contributed by atoms with Gasteiger partial charge in [-0.25, -0.2) is 0 Å². The van der Waals surface area contributed by atoms with E-state index in [0.29, 0.717) is 0 Å². The Hall–Kier alpha value is -2.69. The molecule has 0 unspecified atom stereocenters. The first-order chi connectivity index (χ1) is 12.6. The number of hydrogen-bond acceptors (Lipinski definition) is 3. The molecule has 2 aromatic rings. The zero-order valence-corrected chi connectivity index (χ0v) is 16.4. The summed E-state index contributed by atoms with van der Waals surface area (Å²) in [5.74, 6) is 2.68. The van der Waals surface area contributed by atoms with Crippen molar-refractivity contribution in [1.82, 2.24) is 10.2 Å². The third-order valence-electron chi connectivity index (χ3n) is 4.34. The molecule has 0 spiro atoms. The SMILES string of the molecule is CN=C(NCCc1ccc(C)c(OC)c1)N(C)Cc1ccccc1OC. The Morgan fingerprint density at radius 1 is 1.08 bits per heavy atom. The van der Waals surface area contributed by atoms with E-state index in [4.69, 9.17) is 9.47 Å². The van der Waals surface area contributed by atoms with Crippen LogP contribution >= 0.6 is 0 Å². The van der Waals surface area contributed by atoms with Gasteiger partial charge in [-0.05, 0) is 36.6 Å². The van der Waals surface area contributed by atoms with Crippen molar-refractivity contribution < 1.29 is 9.47 Å². The van der Waals surface area contributed by atoms with E-state index in [1.54, 1.807) is 21.3 Å². The smallest absolute Gasteiger partial charge is 0.193 e. The van der Waals surface area contributed by atoms with Crippen LogP contribution < -0.4 is 14.8 Å². The summed E-state index contributed by atoms with van der Waals surface area (Å²) in [5, 5.41) is 3.42. The number of aryl methyl sites for hydroxylation is 1. The van der Waals surface area contributed by atoms with Crippen molar-refractivity contribution in [2.45, 2.75) is 19.9 Å². The summed E-state index contributed by atoms with van der Waals surface area (Å²) in [5.41, 5.74) is 3.52. The van der Waals surface area contributed by atoms with E-state index in [9.17, 15) is 0 Å². The zero-order valence-electron chi connectivity index (χ0n) is 16.4. The Labute approximate surface area is 156 Å². The van der Waals surface area contributed by atoms with Crippen LogP contribution in [-0.2, 0) is 13.0 Å². The molecule has 0 saturated heterocycles. The molecule has 0 saturated carbocycles. The number of nitrogens with one attached hydrogen (secondary N) is 1. The van der Waals surface area contributed by atoms with E-state index in [2.05, 4.69) is 46.4 Å². The van der Waals surface area contributed by atoms with Crippen LogP contribution in [0.5, 0.6) is 11.5 Å². The molecule has 26 heavy (non-hydrogen) atoms. The molecule has 0 bridgehead atoms. The Kier molecular flexibility index (Phi) is 7.33. The lowest BCUT2D eigenvalue weighted by Gasteiger charge is -2.23. The molecule has 0 amide bonds. The summed E-state index contributed by atoms with van der Waals surface area (Å²) in [6.45, 7) is 3.58. The first-order valence-electron chi connectivity index (χ1n) is 8.76. The van der Waals surface area contributed by atoms with Gasteiger partial charge in [-0.15, -0.1) is 0 Å². The number of hydrogen-bond donors (Lipinski definition) is 1. The van der Waals surface area contributed by atoms with Gasteiger partial charge in [-0.2, -0.15) is 0 Å². The minimum absolute atomic E-state index is 0.724. The van der Waals surface area contributed by atoms with E-state index in [1.807, 2.05) is 25.2 Å². The van der Waals surface area contributed by atoms with Crippen molar-refractivity contribution in [3.05, 3.63) is 59.2 Å². The van der Waals surface area contributed by atoms with Gasteiger partial charge in [0, 0.05) is 32.7 Å². The van der Waals surface area contributed by atoms with Crippen molar-refractivity contribution >= 4 is 5.96 Å². The van der Waals surface area contributed by atoms with Crippen LogP contribution in [0.25, 0.3) is 0 Å². The van der Waals surface area contributed by atoms with Crippen molar-refractivity contribution in [3.8, 4) is 11.5 Å². The number of benzene rings is 2. The van der Waals surface area contributed by atoms with Crippen LogP contribution in [0.1, 0.15) is 16.7 Å². The van der Waals surface area contributed by atoms with E-state index < -0.39 is 0 Å². The number of methoxy groups -OCH3 is 2. The standard InChI is InChI=1S/C21H29N3O2/c1-16-10-11-17(14-20(16)26-5)12-13-23-21(22-2)24(3)15-18-8-6-7-9-19(18)25-4/h6-11,14H,12-13,15H2,1-5H3,(H,22,23). The highest BCUT2D eigenvalue weighted by Gasteiger charge is 2.10. The Bertz CT molecular complexity index is 744. The van der Waals surface area contributed by atoms with E-state index in [1.165, 1.54) is 5.56 Å². The molecule has 0 aromatic heterocycles. The average molecular weight is 355 g/mol. The van der Waals surface area contributed by atoms with Gasteiger partial charge in [0.1, 0.15) is 11.5 Å². The number of aliphatic imine (C=N–C) groups is 1. The van der Waals surface area contributed by atoms with Crippen molar-refractivity contribution in [2.24, 2.45) is 4.99 Å². The molecule has 1 N–H and O–H groups in total. The molecule has 0 fully saturated rings. The van der Waals surface area contributed by atoms with Gasteiger partial charge in [-0.1, -0.05) is 30.3 Å². The van der Waals surface area contributed by atoms with Gasteiger partial charge in [0.2, 0.25) is 0 Å². The van der Waals surface area contributed by atoms with Crippen LogP contribution in [-0.4, -0.2) is 45.7 Å². The Morgan fingerprint density at radius 2 is 1.81 bits per heavy atom. The van der Waals surface area contributed by atoms with Crippen molar-refractivity contribution in [3.63, 3.8) is 0 Å². The fourth-order valence-electron chi connectivity index (χ4n) is 2.89. The maximum atomic E-state index is 5.43. The lowest BCUT2D eigenvalue weighted by atomic mass is 10.1. The number of guanidine groups is 1. The van der Waals surface area contributed by atoms with Crippen LogP contribution in [0, 0.1) is 6.92 Å². The van der Waals surface area contributed by atoms with E-state index in [-0.39, 0.29) is 0 Å². The number of para-hydroxylation sites is 1. The fourth-order valence-corrected chi connectivity index (χ4v) is 2.89. The van der Waals surface area contributed by atoms with Gasteiger partial charge in [0.05, 0.1) is 14.2 Å². The van der Waals surface area contributed by atoms with E-state index in [0.717, 1.165) is 48.1 Å². The van der Waals surface area contributed by atoms with E-state index >= 15 is 0 Å². The van der Waals surface area contributed by atoms with Gasteiger partial charge < -0.3 is 19.7 Å². The zero-order chi connectivity index (χ0) is 18.9.